The molecule has 2 aromatic heterocycles. The normalized spacial score (nSPS) is 12.0. The minimum atomic E-state index is -4.50. The summed E-state index contributed by atoms with van der Waals surface area (Å²) in [4.78, 5) is 20.8. The van der Waals surface area contributed by atoms with Gasteiger partial charge in [0.2, 0.25) is 0 Å². The van der Waals surface area contributed by atoms with Crippen LogP contribution < -0.4 is 5.32 Å². The van der Waals surface area contributed by atoms with Crippen LogP contribution in [0.1, 0.15) is 29.4 Å². The van der Waals surface area contributed by atoms with E-state index in [-0.39, 0.29) is 11.5 Å². The van der Waals surface area contributed by atoms with Crippen LogP contribution in [-0.4, -0.2) is 26.6 Å². The number of aromatic nitrogens is 3. The fourth-order valence-corrected chi connectivity index (χ4v) is 2.74. The number of hydrogen-bond donors (Lipinski definition) is 1. The van der Waals surface area contributed by atoms with E-state index in [9.17, 15) is 18.0 Å². The van der Waals surface area contributed by atoms with Crippen LogP contribution in [0.3, 0.4) is 0 Å². The summed E-state index contributed by atoms with van der Waals surface area (Å²) in [7, 11) is 0. The number of pyridine rings is 1. The minimum absolute atomic E-state index is 0.0293. The van der Waals surface area contributed by atoms with Crippen LogP contribution >= 0.6 is 0 Å². The Morgan fingerprint density at radius 3 is 2.53 bits per heavy atom. The van der Waals surface area contributed by atoms with E-state index in [1.54, 1.807) is 44.2 Å². The number of halogens is 3. The van der Waals surface area contributed by atoms with Gasteiger partial charge in [-0.15, -0.1) is 0 Å². The predicted octanol–water partition coefficient (Wildman–Crippen LogP) is 4.88. The molecular weight excluding hydrogens is 399 g/mol. The van der Waals surface area contributed by atoms with Crippen molar-refractivity contribution in [2.24, 2.45) is 5.16 Å². The van der Waals surface area contributed by atoms with E-state index in [2.05, 4.69) is 20.6 Å². The van der Waals surface area contributed by atoms with Crippen LogP contribution in [0.5, 0.6) is 0 Å². The highest BCUT2D eigenvalue weighted by Crippen LogP contribution is 2.30. The number of carbonyl (C=O) groups excluding carboxylic acids is 1. The molecule has 0 fully saturated rings. The van der Waals surface area contributed by atoms with Crippen LogP contribution in [0.15, 0.2) is 53.8 Å². The maximum absolute atomic E-state index is 13.1. The van der Waals surface area contributed by atoms with Gasteiger partial charge in [-0.05, 0) is 45.0 Å². The van der Waals surface area contributed by atoms with Crippen molar-refractivity contribution in [1.29, 1.82) is 0 Å². The average Bonchev–Trinajstić information content (AvgIpc) is 3.07. The zero-order valence-corrected chi connectivity index (χ0v) is 16.4. The highest BCUT2D eigenvalue weighted by Gasteiger charge is 2.31. The number of nitrogens with one attached hydrogen (secondary N) is 1. The van der Waals surface area contributed by atoms with Gasteiger partial charge < -0.3 is 0 Å². The monoisotopic (exact) mass is 417 g/mol. The number of hydrogen-bond acceptors (Lipinski definition) is 5. The smallest absolute Gasteiger partial charge is 0.298 e. The molecule has 0 aliphatic rings. The molecule has 7 nitrogen and oxygen atoms in total. The van der Waals surface area contributed by atoms with Crippen LogP contribution in [0.4, 0.5) is 23.7 Å². The Labute approximate surface area is 170 Å². The molecule has 0 bridgehead atoms. The molecule has 3 rings (SSSR count). The van der Waals surface area contributed by atoms with Gasteiger partial charge in [-0.2, -0.15) is 18.3 Å². The molecule has 0 aliphatic heterocycles. The lowest BCUT2D eigenvalue weighted by molar-refractivity contribution is -0.137. The molecule has 1 aromatic carbocycles. The lowest BCUT2D eigenvalue weighted by Crippen LogP contribution is -2.12. The topological polar surface area (TPSA) is 81.4 Å². The molecular formula is C20H18F3N5O2. The number of oxime groups is 1. The molecule has 0 radical (unpaired) electrons. The molecule has 0 spiro atoms. The molecule has 2 heterocycles. The molecule has 0 saturated carbocycles. The van der Waals surface area contributed by atoms with Crippen LogP contribution in [-0.2, 0) is 11.0 Å². The molecule has 0 atom stereocenters. The van der Waals surface area contributed by atoms with E-state index < -0.39 is 17.8 Å². The SMILES string of the molecule is C/C(=N\OC(=O)Nc1ccccc1)c1cnn(-c2cc(C(F)(F)F)cc(C)n2)c1C. The van der Waals surface area contributed by atoms with Crippen molar-refractivity contribution in [2.45, 2.75) is 26.9 Å². The van der Waals surface area contributed by atoms with Gasteiger partial charge in [-0.1, -0.05) is 23.4 Å². The summed E-state index contributed by atoms with van der Waals surface area (Å²) in [6, 6.07) is 10.6. The third kappa shape index (κ3) is 4.83. The molecule has 0 aliphatic carbocycles. The summed E-state index contributed by atoms with van der Waals surface area (Å²) >= 11 is 0. The largest absolute Gasteiger partial charge is 0.437 e. The molecule has 156 valence electrons. The number of nitrogens with zero attached hydrogens (tertiary/aromatic N) is 4. The fraction of sp³-hybridized carbons (Fsp3) is 0.200. The molecule has 1 amide bonds. The Kier molecular flexibility index (Phi) is 5.86. The first-order valence-electron chi connectivity index (χ1n) is 8.84. The van der Waals surface area contributed by atoms with E-state index in [0.717, 1.165) is 12.1 Å². The third-order valence-corrected chi connectivity index (χ3v) is 4.17. The maximum Gasteiger partial charge on any atom is 0.437 e. The Balaban J connectivity index is 1.80. The Morgan fingerprint density at radius 1 is 1.17 bits per heavy atom. The first-order valence-corrected chi connectivity index (χ1v) is 8.84. The number of carbonyl (C=O) groups is 1. The third-order valence-electron chi connectivity index (χ3n) is 4.17. The van der Waals surface area contributed by atoms with Crippen LogP contribution in [0.2, 0.25) is 0 Å². The summed E-state index contributed by atoms with van der Waals surface area (Å²) < 4.78 is 40.6. The summed E-state index contributed by atoms with van der Waals surface area (Å²) in [6.45, 7) is 4.72. The number of alkyl halides is 3. The van der Waals surface area contributed by atoms with E-state index in [1.165, 1.54) is 17.8 Å². The van der Waals surface area contributed by atoms with E-state index in [4.69, 9.17) is 4.84 Å². The van der Waals surface area contributed by atoms with Gasteiger partial charge in [0.25, 0.3) is 0 Å². The van der Waals surface area contributed by atoms with Gasteiger partial charge in [-0.3, -0.25) is 10.2 Å². The number of anilines is 1. The van der Waals surface area contributed by atoms with Crippen LogP contribution in [0.25, 0.3) is 5.82 Å². The van der Waals surface area contributed by atoms with Crippen molar-refractivity contribution in [3.63, 3.8) is 0 Å². The summed E-state index contributed by atoms with van der Waals surface area (Å²) in [6.07, 6.45) is -3.85. The van der Waals surface area contributed by atoms with Gasteiger partial charge >= 0.3 is 12.3 Å². The number of aryl methyl sites for hydroxylation is 1. The van der Waals surface area contributed by atoms with Gasteiger partial charge in [0.05, 0.1) is 23.2 Å². The van der Waals surface area contributed by atoms with Gasteiger partial charge in [0.15, 0.2) is 5.82 Å². The zero-order chi connectivity index (χ0) is 21.9. The predicted molar refractivity (Wildman–Crippen MR) is 105 cm³/mol. The van der Waals surface area contributed by atoms with Gasteiger partial charge in [-0.25, -0.2) is 14.5 Å². The molecule has 10 heteroatoms. The summed E-state index contributed by atoms with van der Waals surface area (Å²) in [5, 5.41) is 10.4. The van der Waals surface area contributed by atoms with Crippen molar-refractivity contribution < 1.29 is 22.8 Å². The van der Waals surface area contributed by atoms with E-state index >= 15 is 0 Å². The number of para-hydroxylation sites is 1. The lowest BCUT2D eigenvalue weighted by atomic mass is 10.2. The van der Waals surface area contributed by atoms with Crippen molar-refractivity contribution in [1.82, 2.24) is 14.8 Å². The first kappa shape index (κ1) is 21.0. The Bertz CT molecular complexity index is 1090. The standard InChI is InChI=1S/C20H18F3N5O2/c1-12-9-15(20(21,22)23)10-18(25-12)28-14(3)17(11-24-28)13(2)27-30-19(29)26-16-7-5-4-6-8-16/h4-11H,1-3H3,(H,26,29)/b27-13+. The van der Waals surface area contributed by atoms with Crippen LogP contribution in [0, 0.1) is 13.8 Å². The Hall–Kier alpha value is -3.69. The highest BCUT2D eigenvalue weighted by molar-refractivity contribution is 5.99. The van der Waals surface area contributed by atoms with Gasteiger partial charge in [0, 0.05) is 16.9 Å². The van der Waals surface area contributed by atoms with Crippen molar-refractivity contribution in [3.8, 4) is 5.82 Å². The second kappa shape index (κ2) is 8.36. The number of benzene rings is 1. The second-order valence-corrected chi connectivity index (χ2v) is 6.46. The zero-order valence-electron chi connectivity index (χ0n) is 16.4. The number of amides is 1. The molecule has 1 N–H and O–H groups in total. The van der Waals surface area contributed by atoms with Crippen molar-refractivity contribution in [3.05, 3.63) is 71.2 Å². The second-order valence-electron chi connectivity index (χ2n) is 6.46. The molecule has 30 heavy (non-hydrogen) atoms. The van der Waals surface area contributed by atoms with Gasteiger partial charge in [0.1, 0.15) is 0 Å². The Morgan fingerprint density at radius 2 is 1.87 bits per heavy atom. The maximum atomic E-state index is 13.1. The quantitative estimate of drug-likeness (QED) is 0.373. The lowest BCUT2D eigenvalue weighted by Gasteiger charge is -2.11. The highest BCUT2D eigenvalue weighted by atomic mass is 19.4. The average molecular weight is 417 g/mol. The van der Waals surface area contributed by atoms with Crippen molar-refractivity contribution in [2.75, 3.05) is 5.32 Å². The molecule has 0 saturated heterocycles. The van der Waals surface area contributed by atoms with E-state index in [0.29, 0.717) is 22.7 Å². The fourth-order valence-electron chi connectivity index (χ4n) is 2.74. The molecule has 3 aromatic rings. The minimum Gasteiger partial charge on any atom is -0.298 e. The summed E-state index contributed by atoms with van der Waals surface area (Å²) in [5.41, 5.74) is 1.26. The van der Waals surface area contributed by atoms with Crippen molar-refractivity contribution >= 4 is 17.5 Å². The molecule has 0 unspecified atom stereocenters. The first-order chi connectivity index (χ1) is 14.1. The van der Waals surface area contributed by atoms with E-state index in [1.807, 2.05) is 0 Å². The summed E-state index contributed by atoms with van der Waals surface area (Å²) in [5.74, 6) is 0.0293. The number of rotatable bonds is 4.